The average Bonchev–Trinajstić information content (AvgIpc) is 3.00. The molecule has 0 spiro atoms. The smallest absolute Gasteiger partial charge is 0.220 e. The van der Waals surface area contributed by atoms with E-state index in [1.807, 2.05) is 31.2 Å². The predicted octanol–water partition coefficient (Wildman–Crippen LogP) is 2.23. The number of aromatic amines is 1. The molecule has 0 saturated heterocycles. The Morgan fingerprint density at radius 3 is 2.75 bits per heavy atom. The van der Waals surface area contributed by atoms with Crippen LogP contribution in [0.25, 0.3) is 0 Å². The first kappa shape index (κ1) is 14.1. The number of benzene rings is 1. The number of nitrogens with one attached hydrogen (secondary N) is 2. The second-order valence-corrected chi connectivity index (χ2v) is 4.61. The van der Waals surface area contributed by atoms with Crippen molar-refractivity contribution >= 4 is 5.91 Å². The Morgan fingerprint density at radius 1 is 1.40 bits per heavy atom. The molecule has 0 fully saturated rings. The minimum Gasteiger partial charge on any atom is -0.497 e. The third kappa shape index (κ3) is 3.85. The van der Waals surface area contributed by atoms with Gasteiger partial charge in [0.05, 0.1) is 13.2 Å². The van der Waals surface area contributed by atoms with Crippen molar-refractivity contribution in [1.82, 2.24) is 15.3 Å². The molecule has 5 nitrogen and oxygen atoms in total. The van der Waals surface area contributed by atoms with Gasteiger partial charge in [-0.25, -0.2) is 4.98 Å². The maximum absolute atomic E-state index is 11.9. The Hall–Kier alpha value is -2.30. The van der Waals surface area contributed by atoms with Crippen LogP contribution in [0.1, 0.15) is 30.8 Å². The van der Waals surface area contributed by atoms with Crippen molar-refractivity contribution in [1.29, 1.82) is 0 Å². The zero-order valence-electron chi connectivity index (χ0n) is 11.7. The van der Waals surface area contributed by atoms with Crippen LogP contribution in [0, 0.1) is 0 Å². The average molecular weight is 273 g/mol. The molecule has 0 aliphatic heterocycles. The molecule has 0 radical (unpaired) electrons. The molecule has 20 heavy (non-hydrogen) atoms. The topological polar surface area (TPSA) is 67.0 Å². The molecule has 1 aromatic heterocycles. The van der Waals surface area contributed by atoms with Crippen LogP contribution in [0.5, 0.6) is 5.75 Å². The zero-order chi connectivity index (χ0) is 14.4. The molecule has 106 valence electrons. The monoisotopic (exact) mass is 273 g/mol. The van der Waals surface area contributed by atoms with Gasteiger partial charge in [-0.2, -0.15) is 0 Å². The first-order chi connectivity index (χ1) is 9.69. The highest BCUT2D eigenvalue weighted by molar-refractivity contribution is 5.76. The number of hydrogen-bond acceptors (Lipinski definition) is 3. The normalized spacial score (nSPS) is 11.9. The van der Waals surface area contributed by atoms with E-state index in [1.54, 1.807) is 19.5 Å². The van der Waals surface area contributed by atoms with Crippen LogP contribution in [-0.2, 0) is 11.2 Å². The highest BCUT2D eigenvalue weighted by Gasteiger charge is 2.11. The number of imidazole rings is 1. The number of rotatable bonds is 6. The summed E-state index contributed by atoms with van der Waals surface area (Å²) < 4.78 is 5.10. The third-order valence-corrected chi connectivity index (χ3v) is 3.11. The van der Waals surface area contributed by atoms with Crippen molar-refractivity contribution in [3.8, 4) is 5.75 Å². The Morgan fingerprint density at radius 2 is 2.15 bits per heavy atom. The molecular weight excluding hydrogens is 254 g/mol. The fourth-order valence-corrected chi connectivity index (χ4v) is 1.95. The first-order valence-corrected chi connectivity index (χ1v) is 6.60. The lowest BCUT2D eigenvalue weighted by Crippen LogP contribution is -2.27. The lowest BCUT2D eigenvalue weighted by Gasteiger charge is -2.11. The number of carbonyl (C=O) groups is 1. The molecule has 1 aromatic carbocycles. The molecule has 0 aliphatic carbocycles. The molecule has 2 N–H and O–H groups in total. The number of amides is 1. The van der Waals surface area contributed by atoms with Crippen LogP contribution in [-0.4, -0.2) is 23.0 Å². The molecule has 1 heterocycles. The van der Waals surface area contributed by atoms with E-state index in [9.17, 15) is 4.79 Å². The number of aryl methyl sites for hydroxylation is 1. The van der Waals surface area contributed by atoms with E-state index in [0.717, 1.165) is 17.1 Å². The number of carbonyl (C=O) groups excluding carboxylic acids is 1. The van der Waals surface area contributed by atoms with Gasteiger partial charge in [0.15, 0.2) is 0 Å². The molecule has 0 aliphatic rings. The summed E-state index contributed by atoms with van der Waals surface area (Å²) >= 11 is 0. The SMILES string of the molecule is COc1ccc(CCC(=O)NC(C)c2ncc[nH]2)cc1. The van der Waals surface area contributed by atoms with Gasteiger partial charge in [0.2, 0.25) is 5.91 Å². The highest BCUT2D eigenvalue weighted by atomic mass is 16.5. The van der Waals surface area contributed by atoms with Crippen LogP contribution in [0.2, 0.25) is 0 Å². The van der Waals surface area contributed by atoms with Gasteiger partial charge in [-0.3, -0.25) is 4.79 Å². The van der Waals surface area contributed by atoms with Crippen LogP contribution in [0.4, 0.5) is 0 Å². The highest BCUT2D eigenvalue weighted by Crippen LogP contribution is 2.13. The number of nitrogens with zero attached hydrogens (tertiary/aromatic N) is 1. The van der Waals surface area contributed by atoms with Crippen molar-refractivity contribution < 1.29 is 9.53 Å². The molecule has 0 saturated carbocycles. The zero-order valence-corrected chi connectivity index (χ0v) is 11.7. The lowest BCUT2D eigenvalue weighted by molar-refractivity contribution is -0.121. The van der Waals surface area contributed by atoms with Gasteiger partial charge < -0.3 is 15.0 Å². The molecule has 0 bridgehead atoms. The number of hydrogen-bond donors (Lipinski definition) is 2. The van der Waals surface area contributed by atoms with Gasteiger partial charge in [0, 0.05) is 18.8 Å². The second-order valence-electron chi connectivity index (χ2n) is 4.61. The van der Waals surface area contributed by atoms with Crippen LogP contribution in [0.15, 0.2) is 36.7 Å². The summed E-state index contributed by atoms with van der Waals surface area (Å²) in [6.07, 6.45) is 4.59. The number of H-pyrrole nitrogens is 1. The Kier molecular flexibility index (Phi) is 4.76. The molecule has 1 amide bonds. The van der Waals surface area contributed by atoms with E-state index in [4.69, 9.17) is 4.74 Å². The predicted molar refractivity (Wildman–Crippen MR) is 76.5 cm³/mol. The van der Waals surface area contributed by atoms with Gasteiger partial charge in [-0.05, 0) is 31.0 Å². The fourth-order valence-electron chi connectivity index (χ4n) is 1.95. The van der Waals surface area contributed by atoms with Crippen molar-refractivity contribution in [2.24, 2.45) is 0 Å². The van der Waals surface area contributed by atoms with E-state index in [0.29, 0.717) is 12.8 Å². The van der Waals surface area contributed by atoms with Crippen LogP contribution in [0.3, 0.4) is 0 Å². The number of aromatic nitrogens is 2. The van der Waals surface area contributed by atoms with Crippen molar-refractivity contribution in [3.63, 3.8) is 0 Å². The maximum atomic E-state index is 11.9. The summed E-state index contributed by atoms with van der Waals surface area (Å²) in [4.78, 5) is 19.0. The van der Waals surface area contributed by atoms with E-state index >= 15 is 0 Å². The molecule has 1 atom stereocenters. The second kappa shape index (κ2) is 6.75. The molecule has 5 heteroatoms. The molecule has 1 unspecified atom stereocenters. The first-order valence-electron chi connectivity index (χ1n) is 6.60. The number of ether oxygens (including phenoxy) is 1. The minimum absolute atomic E-state index is 0.0183. The van der Waals surface area contributed by atoms with Crippen LogP contribution >= 0.6 is 0 Å². The third-order valence-electron chi connectivity index (χ3n) is 3.11. The largest absolute Gasteiger partial charge is 0.497 e. The summed E-state index contributed by atoms with van der Waals surface area (Å²) in [5.41, 5.74) is 1.12. The van der Waals surface area contributed by atoms with Crippen molar-refractivity contribution in [3.05, 3.63) is 48.0 Å². The fraction of sp³-hybridized carbons (Fsp3) is 0.333. The quantitative estimate of drug-likeness (QED) is 0.848. The Bertz CT molecular complexity index is 535. The van der Waals surface area contributed by atoms with E-state index < -0.39 is 0 Å². The molecule has 2 rings (SSSR count). The van der Waals surface area contributed by atoms with Gasteiger partial charge in [0.25, 0.3) is 0 Å². The van der Waals surface area contributed by atoms with Gasteiger partial charge in [0.1, 0.15) is 11.6 Å². The Labute approximate surface area is 118 Å². The van der Waals surface area contributed by atoms with Crippen LogP contribution < -0.4 is 10.1 Å². The van der Waals surface area contributed by atoms with Crippen molar-refractivity contribution in [2.45, 2.75) is 25.8 Å². The molecule has 2 aromatic rings. The van der Waals surface area contributed by atoms with Gasteiger partial charge in [-0.1, -0.05) is 12.1 Å². The summed E-state index contributed by atoms with van der Waals surface area (Å²) in [5, 5.41) is 2.92. The summed E-state index contributed by atoms with van der Waals surface area (Å²) in [6, 6.07) is 7.65. The van der Waals surface area contributed by atoms with E-state index in [2.05, 4.69) is 15.3 Å². The minimum atomic E-state index is -0.103. The van der Waals surface area contributed by atoms with E-state index in [1.165, 1.54) is 0 Å². The summed E-state index contributed by atoms with van der Waals surface area (Å²) in [5.74, 6) is 1.61. The van der Waals surface area contributed by atoms with Gasteiger partial charge in [-0.15, -0.1) is 0 Å². The van der Waals surface area contributed by atoms with E-state index in [-0.39, 0.29) is 11.9 Å². The number of methoxy groups -OCH3 is 1. The molecular formula is C15H19N3O2. The summed E-state index contributed by atoms with van der Waals surface area (Å²) in [6.45, 7) is 1.91. The Balaban J connectivity index is 1.79. The lowest BCUT2D eigenvalue weighted by atomic mass is 10.1. The van der Waals surface area contributed by atoms with Gasteiger partial charge >= 0.3 is 0 Å². The van der Waals surface area contributed by atoms with Crippen molar-refractivity contribution in [2.75, 3.05) is 7.11 Å². The maximum Gasteiger partial charge on any atom is 0.220 e. The standard InChI is InChI=1S/C15H19N3O2/c1-11(15-16-9-10-17-15)18-14(19)8-5-12-3-6-13(20-2)7-4-12/h3-4,6-7,9-11H,5,8H2,1-2H3,(H,16,17)(H,18,19). The summed E-state index contributed by atoms with van der Waals surface area (Å²) in [7, 11) is 1.64.